The maximum absolute atomic E-state index is 5.15. The van der Waals surface area contributed by atoms with Gasteiger partial charge in [0.15, 0.2) is 0 Å². The fraction of sp³-hybridized carbons (Fsp3) is 0.400. The molecule has 2 rings (SSSR count). The van der Waals surface area contributed by atoms with E-state index in [1.807, 2.05) is 7.05 Å². The number of anilines is 1. The van der Waals surface area contributed by atoms with Crippen LogP contribution in [0.4, 0.5) is 5.69 Å². The van der Waals surface area contributed by atoms with Gasteiger partial charge in [-0.25, -0.2) is 0 Å². The molecule has 0 radical (unpaired) electrons. The zero-order valence-electron chi connectivity index (χ0n) is 11.3. The number of rotatable bonds is 5. The summed E-state index contributed by atoms with van der Waals surface area (Å²) in [5.41, 5.74) is 4.46. The third-order valence-corrected chi connectivity index (χ3v) is 3.03. The number of pyridine rings is 1. The second-order valence-corrected chi connectivity index (χ2v) is 4.45. The Morgan fingerprint density at radius 1 is 1.28 bits per heavy atom. The minimum Gasteiger partial charge on any atom is -0.388 e. The third-order valence-electron chi connectivity index (χ3n) is 3.03. The number of ether oxygens (including phenoxy) is 1. The third kappa shape index (κ3) is 2.62. The molecule has 0 fully saturated rings. The highest BCUT2D eigenvalue weighted by molar-refractivity contribution is 5.91. The molecule has 0 unspecified atom stereocenters. The van der Waals surface area contributed by atoms with Crippen LogP contribution < -0.4 is 5.32 Å². The average Bonchev–Trinajstić information content (AvgIpc) is 2.39. The van der Waals surface area contributed by atoms with Gasteiger partial charge < -0.3 is 10.1 Å². The van der Waals surface area contributed by atoms with Crippen molar-refractivity contribution in [1.82, 2.24) is 4.98 Å². The summed E-state index contributed by atoms with van der Waals surface area (Å²) in [6.07, 6.45) is 2.27. The van der Waals surface area contributed by atoms with Crippen molar-refractivity contribution in [2.75, 3.05) is 19.5 Å². The van der Waals surface area contributed by atoms with Crippen LogP contribution in [0.5, 0.6) is 0 Å². The molecule has 0 amide bonds. The first kappa shape index (κ1) is 12.8. The van der Waals surface area contributed by atoms with E-state index < -0.39 is 0 Å². The summed E-state index contributed by atoms with van der Waals surface area (Å²) in [6, 6.07) is 8.55. The van der Waals surface area contributed by atoms with Gasteiger partial charge in [0.05, 0.1) is 17.8 Å². The van der Waals surface area contributed by atoms with E-state index in [2.05, 4.69) is 41.5 Å². The highest BCUT2D eigenvalue weighted by Gasteiger charge is 2.05. The molecule has 1 N–H and O–H groups in total. The van der Waals surface area contributed by atoms with Gasteiger partial charge >= 0.3 is 0 Å². The molecule has 0 bridgehead atoms. The van der Waals surface area contributed by atoms with Crippen LogP contribution in [-0.4, -0.2) is 19.1 Å². The molecule has 96 valence electrons. The number of methoxy groups -OCH3 is 1. The number of nitrogens with zero attached hydrogens (tertiary/aromatic N) is 1. The maximum Gasteiger partial charge on any atom is 0.0885 e. The predicted octanol–water partition coefficient (Wildman–Crippen LogP) is 3.38. The van der Waals surface area contributed by atoms with E-state index in [0.29, 0.717) is 6.61 Å². The van der Waals surface area contributed by atoms with Crippen molar-refractivity contribution in [3.63, 3.8) is 0 Å². The first-order valence-corrected chi connectivity index (χ1v) is 6.37. The Bertz CT molecular complexity index is 537. The second kappa shape index (κ2) is 5.83. The first-order valence-electron chi connectivity index (χ1n) is 6.37. The monoisotopic (exact) mass is 244 g/mol. The zero-order valence-corrected chi connectivity index (χ0v) is 11.3. The van der Waals surface area contributed by atoms with Gasteiger partial charge in [0, 0.05) is 25.2 Å². The molecular formula is C15H20N2O. The van der Waals surface area contributed by atoms with Crippen LogP contribution in [0, 0.1) is 0 Å². The van der Waals surface area contributed by atoms with Gasteiger partial charge in [-0.1, -0.05) is 19.4 Å². The molecule has 1 aromatic carbocycles. The lowest BCUT2D eigenvalue weighted by molar-refractivity contribution is 0.182. The SMILES string of the molecule is CCCc1ccc2nc(COC)cc(NC)c2c1. The minimum atomic E-state index is 0.543. The van der Waals surface area contributed by atoms with Crippen LogP contribution in [0.15, 0.2) is 24.3 Å². The van der Waals surface area contributed by atoms with Crippen molar-refractivity contribution in [3.8, 4) is 0 Å². The van der Waals surface area contributed by atoms with Gasteiger partial charge in [0.2, 0.25) is 0 Å². The Labute approximate surface area is 108 Å². The number of hydrogen-bond donors (Lipinski definition) is 1. The number of aromatic nitrogens is 1. The molecule has 0 aliphatic heterocycles. The van der Waals surface area contributed by atoms with E-state index in [4.69, 9.17) is 4.74 Å². The molecule has 0 saturated heterocycles. The number of fused-ring (bicyclic) bond motifs is 1. The Hall–Kier alpha value is -1.61. The van der Waals surface area contributed by atoms with E-state index in [1.165, 1.54) is 10.9 Å². The quantitative estimate of drug-likeness (QED) is 0.875. The summed E-state index contributed by atoms with van der Waals surface area (Å²) >= 11 is 0. The zero-order chi connectivity index (χ0) is 13.0. The van der Waals surface area contributed by atoms with Gasteiger partial charge in [-0.15, -0.1) is 0 Å². The Balaban J connectivity index is 2.52. The van der Waals surface area contributed by atoms with Crippen molar-refractivity contribution < 1.29 is 4.74 Å². The number of aryl methyl sites for hydroxylation is 1. The molecular weight excluding hydrogens is 224 g/mol. The van der Waals surface area contributed by atoms with Crippen LogP contribution in [0.1, 0.15) is 24.6 Å². The fourth-order valence-electron chi connectivity index (χ4n) is 2.20. The van der Waals surface area contributed by atoms with Gasteiger partial charge in [0.1, 0.15) is 0 Å². The van der Waals surface area contributed by atoms with Gasteiger partial charge in [0.25, 0.3) is 0 Å². The van der Waals surface area contributed by atoms with Crippen LogP contribution in [-0.2, 0) is 17.8 Å². The number of nitrogens with one attached hydrogen (secondary N) is 1. The first-order chi connectivity index (χ1) is 8.78. The lowest BCUT2D eigenvalue weighted by atomic mass is 10.1. The van der Waals surface area contributed by atoms with E-state index in [1.54, 1.807) is 7.11 Å². The molecule has 3 nitrogen and oxygen atoms in total. The minimum absolute atomic E-state index is 0.543. The Morgan fingerprint density at radius 3 is 2.78 bits per heavy atom. The standard InChI is InChI=1S/C15H20N2O/c1-4-5-11-6-7-14-13(8-11)15(16-2)9-12(17-14)10-18-3/h6-9H,4-5,10H2,1-3H3,(H,16,17). The van der Waals surface area contributed by atoms with Crippen molar-refractivity contribution >= 4 is 16.6 Å². The molecule has 0 atom stereocenters. The molecule has 0 spiro atoms. The van der Waals surface area contributed by atoms with Crippen molar-refractivity contribution in [3.05, 3.63) is 35.5 Å². The topological polar surface area (TPSA) is 34.1 Å². The molecule has 3 heteroatoms. The Morgan fingerprint density at radius 2 is 2.11 bits per heavy atom. The van der Waals surface area contributed by atoms with Crippen molar-refractivity contribution in [2.24, 2.45) is 0 Å². The molecule has 2 aromatic rings. The summed E-state index contributed by atoms with van der Waals surface area (Å²) in [5.74, 6) is 0. The normalized spacial score (nSPS) is 10.8. The van der Waals surface area contributed by atoms with E-state index in [9.17, 15) is 0 Å². The van der Waals surface area contributed by atoms with Gasteiger partial charge in [-0.3, -0.25) is 4.98 Å². The van der Waals surface area contributed by atoms with Crippen LogP contribution in [0.3, 0.4) is 0 Å². The summed E-state index contributed by atoms with van der Waals surface area (Å²) in [4.78, 5) is 4.61. The largest absolute Gasteiger partial charge is 0.388 e. The highest BCUT2D eigenvalue weighted by Crippen LogP contribution is 2.25. The molecule has 0 aliphatic rings. The number of hydrogen-bond acceptors (Lipinski definition) is 3. The summed E-state index contributed by atoms with van der Waals surface area (Å²) in [5, 5.41) is 4.43. The lowest BCUT2D eigenvalue weighted by Gasteiger charge is -2.10. The highest BCUT2D eigenvalue weighted by atomic mass is 16.5. The van der Waals surface area contributed by atoms with Crippen LogP contribution in [0.2, 0.25) is 0 Å². The van der Waals surface area contributed by atoms with Crippen LogP contribution >= 0.6 is 0 Å². The van der Waals surface area contributed by atoms with Crippen molar-refractivity contribution in [2.45, 2.75) is 26.4 Å². The average molecular weight is 244 g/mol. The molecule has 0 saturated carbocycles. The maximum atomic E-state index is 5.15. The molecule has 18 heavy (non-hydrogen) atoms. The molecule has 0 aliphatic carbocycles. The van der Waals surface area contributed by atoms with Crippen LogP contribution in [0.25, 0.3) is 10.9 Å². The second-order valence-electron chi connectivity index (χ2n) is 4.45. The van der Waals surface area contributed by atoms with Crippen molar-refractivity contribution in [1.29, 1.82) is 0 Å². The lowest BCUT2D eigenvalue weighted by Crippen LogP contribution is -1.98. The van der Waals surface area contributed by atoms with E-state index in [0.717, 1.165) is 29.7 Å². The van der Waals surface area contributed by atoms with E-state index in [-0.39, 0.29) is 0 Å². The number of benzene rings is 1. The molecule has 1 heterocycles. The Kier molecular flexibility index (Phi) is 4.15. The van der Waals surface area contributed by atoms with Gasteiger partial charge in [-0.2, -0.15) is 0 Å². The molecule has 1 aromatic heterocycles. The predicted molar refractivity (Wildman–Crippen MR) is 76.0 cm³/mol. The summed E-state index contributed by atoms with van der Waals surface area (Å²) in [7, 11) is 3.63. The summed E-state index contributed by atoms with van der Waals surface area (Å²) in [6.45, 7) is 2.74. The smallest absolute Gasteiger partial charge is 0.0885 e. The van der Waals surface area contributed by atoms with Gasteiger partial charge in [-0.05, 0) is 30.2 Å². The van der Waals surface area contributed by atoms with E-state index >= 15 is 0 Å². The fourth-order valence-corrected chi connectivity index (χ4v) is 2.20. The summed E-state index contributed by atoms with van der Waals surface area (Å²) < 4.78 is 5.15.